The van der Waals surface area contributed by atoms with Gasteiger partial charge in [-0.25, -0.2) is 0 Å². The Morgan fingerprint density at radius 2 is 1.42 bits per heavy atom. The van der Waals surface area contributed by atoms with Gasteiger partial charge in [0.05, 0.1) is 23.9 Å². The molecule has 0 spiro atoms. The number of likely N-dealkylation sites (tertiary alicyclic amines) is 1. The summed E-state index contributed by atoms with van der Waals surface area (Å²) in [5.74, 6) is 0. The molecule has 3 fully saturated rings. The summed E-state index contributed by atoms with van der Waals surface area (Å²) in [6.45, 7) is 16.0. The first-order valence-electron chi connectivity index (χ1n) is 9.97. The second kappa shape index (κ2) is 8.45. The minimum Gasteiger partial charge on any atom is -0.375 e. The van der Waals surface area contributed by atoms with Crippen molar-refractivity contribution in [2.24, 2.45) is 0 Å². The Kier molecular flexibility index (Phi) is 6.55. The molecule has 2 heterocycles. The minimum atomic E-state index is -0.0224. The normalized spacial score (nSPS) is 31.1. The first-order valence-corrected chi connectivity index (χ1v) is 9.97. The van der Waals surface area contributed by atoms with E-state index in [1.165, 1.54) is 52.1 Å². The lowest BCUT2D eigenvalue weighted by molar-refractivity contribution is -0.167. The molecule has 0 aromatic carbocycles. The van der Waals surface area contributed by atoms with Crippen LogP contribution in [0, 0.1) is 0 Å². The highest BCUT2D eigenvalue weighted by Gasteiger charge is 2.35. The summed E-state index contributed by atoms with van der Waals surface area (Å²) in [6, 6.07) is 0. The summed E-state index contributed by atoms with van der Waals surface area (Å²) in [5.41, 5.74) is -0.0224. The summed E-state index contributed by atoms with van der Waals surface area (Å²) in [5, 5.41) is 3.42. The van der Waals surface area contributed by atoms with Crippen LogP contribution in [-0.4, -0.2) is 86.1 Å². The van der Waals surface area contributed by atoms with Crippen LogP contribution in [0.15, 0.2) is 0 Å². The highest BCUT2D eigenvalue weighted by molar-refractivity contribution is 4.85. The predicted molar refractivity (Wildman–Crippen MR) is 97.5 cm³/mol. The van der Waals surface area contributed by atoms with Crippen LogP contribution >= 0.6 is 0 Å². The zero-order chi connectivity index (χ0) is 17.0. The molecular weight excluding hydrogens is 302 g/mol. The average Bonchev–Trinajstić information content (AvgIpc) is 2.52. The molecule has 2 aliphatic heterocycles. The maximum Gasteiger partial charge on any atom is 0.0631 e. The second-order valence-electron chi connectivity index (χ2n) is 8.71. The zero-order valence-corrected chi connectivity index (χ0v) is 15.9. The van der Waals surface area contributed by atoms with Crippen LogP contribution in [0.3, 0.4) is 0 Å². The van der Waals surface area contributed by atoms with E-state index >= 15 is 0 Å². The average molecular weight is 340 g/mol. The fourth-order valence-corrected chi connectivity index (χ4v) is 3.98. The van der Waals surface area contributed by atoms with Crippen LogP contribution in [0.1, 0.15) is 46.5 Å². The van der Waals surface area contributed by atoms with Gasteiger partial charge in [0, 0.05) is 52.4 Å². The topological polar surface area (TPSA) is 37.0 Å². The zero-order valence-electron chi connectivity index (χ0n) is 15.9. The lowest BCUT2D eigenvalue weighted by Gasteiger charge is -2.42. The molecule has 140 valence electrons. The van der Waals surface area contributed by atoms with Gasteiger partial charge in [-0.2, -0.15) is 0 Å². The van der Waals surface area contributed by atoms with E-state index in [1.807, 2.05) is 0 Å². The molecular formula is C19H37N3O2. The predicted octanol–water partition coefficient (Wildman–Crippen LogP) is 1.72. The minimum absolute atomic E-state index is 0.0224. The van der Waals surface area contributed by atoms with Gasteiger partial charge in [-0.1, -0.05) is 0 Å². The van der Waals surface area contributed by atoms with Gasteiger partial charge < -0.3 is 19.7 Å². The summed E-state index contributed by atoms with van der Waals surface area (Å²) < 4.78 is 12.3. The van der Waals surface area contributed by atoms with Crippen LogP contribution in [-0.2, 0) is 9.47 Å². The van der Waals surface area contributed by atoms with E-state index in [4.69, 9.17) is 9.47 Å². The van der Waals surface area contributed by atoms with Crippen molar-refractivity contribution >= 4 is 0 Å². The third-order valence-electron chi connectivity index (χ3n) is 5.43. The number of hydrogen-bond donors (Lipinski definition) is 1. The van der Waals surface area contributed by atoms with Crippen LogP contribution < -0.4 is 5.32 Å². The molecule has 3 rings (SSSR count). The Bertz CT molecular complexity index is 365. The molecule has 0 aromatic heterocycles. The van der Waals surface area contributed by atoms with Crippen LogP contribution in [0.2, 0.25) is 0 Å². The Labute approximate surface area is 148 Å². The lowest BCUT2D eigenvalue weighted by Crippen LogP contribution is -2.48. The molecule has 0 unspecified atom stereocenters. The smallest absolute Gasteiger partial charge is 0.0631 e. The van der Waals surface area contributed by atoms with Gasteiger partial charge in [-0.15, -0.1) is 0 Å². The molecule has 5 nitrogen and oxygen atoms in total. The SMILES string of the molecule is CC(C)(C)OC1CC(OC2CCN(CCN3CCNCC3)CC2)C1. The maximum absolute atomic E-state index is 6.29. The number of piperazine rings is 1. The quantitative estimate of drug-likeness (QED) is 0.797. The van der Waals surface area contributed by atoms with Gasteiger partial charge in [0.25, 0.3) is 0 Å². The molecule has 0 radical (unpaired) electrons. The first kappa shape index (κ1) is 18.6. The van der Waals surface area contributed by atoms with Crippen LogP contribution in [0.5, 0.6) is 0 Å². The fraction of sp³-hybridized carbons (Fsp3) is 1.00. The van der Waals surface area contributed by atoms with Crippen molar-refractivity contribution in [1.82, 2.24) is 15.1 Å². The number of rotatable bonds is 6. The molecule has 1 N–H and O–H groups in total. The monoisotopic (exact) mass is 339 g/mol. The molecule has 3 aliphatic rings. The summed E-state index contributed by atoms with van der Waals surface area (Å²) in [4.78, 5) is 5.21. The third-order valence-corrected chi connectivity index (χ3v) is 5.43. The molecule has 2 saturated heterocycles. The maximum atomic E-state index is 6.29. The number of nitrogens with one attached hydrogen (secondary N) is 1. The highest BCUT2D eigenvalue weighted by atomic mass is 16.5. The van der Waals surface area contributed by atoms with Gasteiger partial charge in [-0.05, 0) is 46.5 Å². The number of nitrogens with zero attached hydrogens (tertiary/aromatic N) is 2. The van der Waals surface area contributed by atoms with Crippen molar-refractivity contribution < 1.29 is 9.47 Å². The largest absolute Gasteiger partial charge is 0.375 e. The molecule has 5 heteroatoms. The Balaban J connectivity index is 1.25. The van der Waals surface area contributed by atoms with Crippen molar-refractivity contribution in [3.05, 3.63) is 0 Å². The van der Waals surface area contributed by atoms with Gasteiger partial charge >= 0.3 is 0 Å². The third kappa shape index (κ3) is 5.95. The molecule has 0 amide bonds. The molecule has 0 bridgehead atoms. The number of hydrogen-bond acceptors (Lipinski definition) is 5. The van der Waals surface area contributed by atoms with Crippen LogP contribution in [0.25, 0.3) is 0 Å². The molecule has 0 aromatic rings. The molecule has 0 atom stereocenters. The first-order chi connectivity index (χ1) is 11.5. The van der Waals surface area contributed by atoms with Gasteiger partial charge in [0.15, 0.2) is 0 Å². The summed E-state index contributed by atoms with van der Waals surface area (Å²) in [6.07, 6.45) is 5.89. The lowest BCUT2D eigenvalue weighted by atomic mass is 9.90. The van der Waals surface area contributed by atoms with E-state index in [1.54, 1.807) is 0 Å². The summed E-state index contributed by atoms with van der Waals surface area (Å²) >= 11 is 0. The van der Waals surface area contributed by atoms with Gasteiger partial charge in [-0.3, -0.25) is 4.90 Å². The van der Waals surface area contributed by atoms with E-state index in [0.29, 0.717) is 18.3 Å². The van der Waals surface area contributed by atoms with E-state index in [9.17, 15) is 0 Å². The van der Waals surface area contributed by atoms with Crippen molar-refractivity contribution in [3.63, 3.8) is 0 Å². The second-order valence-corrected chi connectivity index (χ2v) is 8.71. The van der Waals surface area contributed by atoms with Crippen LogP contribution in [0.4, 0.5) is 0 Å². The van der Waals surface area contributed by atoms with E-state index < -0.39 is 0 Å². The fourth-order valence-electron chi connectivity index (χ4n) is 3.98. The standard InChI is InChI=1S/C19H37N3O2/c1-19(2,3)24-18-14-17(15-18)23-16-4-8-21(9-5-16)12-13-22-10-6-20-7-11-22/h16-18,20H,4-15H2,1-3H3. The number of ether oxygens (including phenoxy) is 2. The van der Waals surface area contributed by atoms with Gasteiger partial charge in [0.2, 0.25) is 0 Å². The Morgan fingerprint density at radius 1 is 0.833 bits per heavy atom. The van der Waals surface area contributed by atoms with Gasteiger partial charge in [0.1, 0.15) is 0 Å². The van der Waals surface area contributed by atoms with Crippen molar-refractivity contribution in [1.29, 1.82) is 0 Å². The Hall–Kier alpha value is -0.200. The Morgan fingerprint density at radius 3 is 2.00 bits per heavy atom. The van der Waals surface area contributed by atoms with Crippen molar-refractivity contribution in [2.45, 2.75) is 70.4 Å². The molecule has 1 aliphatic carbocycles. The van der Waals surface area contributed by atoms with E-state index in [0.717, 1.165) is 25.9 Å². The highest BCUT2D eigenvalue weighted by Crippen LogP contribution is 2.32. The summed E-state index contributed by atoms with van der Waals surface area (Å²) in [7, 11) is 0. The van der Waals surface area contributed by atoms with E-state index in [2.05, 4.69) is 35.9 Å². The van der Waals surface area contributed by atoms with Crippen molar-refractivity contribution in [2.75, 3.05) is 52.4 Å². The number of piperidine rings is 1. The van der Waals surface area contributed by atoms with E-state index in [-0.39, 0.29) is 5.60 Å². The molecule has 24 heavy (non-hydrogen) atoms. The van der Waals surface area contributed by atoms with Crippen molar-refractivity contribution in [3.8, 4) is 0 Å². The molecule has 1 saturated carbocycles.